The van der Waals surface area contributed by atoms with Gasteiger partial charge in [0, 0.05) is 25.7 Å². The lowest BCUT2D eigenvalue weighted by Gasteiger charge is -2.43. The first kappa shape index (κ1) is 16.0. The summed E-state index contributed by atoms with van der Waals surface area (Å²) in [7, 11) is 0. The summed E-state index contributed by atoms with van der Waals surface area (Å²) < 4.78 is 0. The highest BCUT2D eigenvalue weighted by atomic mass is 16.2. The Labute approximate surface area is 136 Å². The summed E-state index contributed by atoms with van der Waals surface area (Å²) in [5, 5.41) is 6.22. The fourth-order valence-electron chi connectivity index (χ4n) is 3.26. The fourth-order valence-corrected chi connectivity index (χ4v) is 3.26. The Balaban J connectivity index is 1.89. The van der Waals surface area contributed by atoms with Gasteiger partial charge >= 0.3 is 0 Å². The molecule has 1 aromatic carbocycles. The Morgan fingerprint density at radius 1 is 1.35 bits per heavy atom. The van der Waals surface area contributed by atoms with Crippen LogP contribution in [-0.2, 0) is 9.59 Å². The number of rotatable bonds is 2. The summed E-state index contributed by atoms with van der Waals surface area (Å²) in [5.74, 6) is -0.191. The van der Waals surface area contributed by atoms with Gasteiger partial charge in [-0.25, -0.2) is 0 Å². The highest BCUT2D eigenvalue weighted by Crippen LogP contribution is 2.36. The average molecular weight is 316 g/mol. The van der Waals surface area contributed by atoms with Crippen molar-refractivity contribution >= 4 is 23.2 Å². The second-order valence-electron chi connectivity index (χ2n) is 6.78. The zero-order chi connectivity index (χ0) is 16.6. The van der Waals surface area contributed by atoms with Gasteiger partial charge in [0.25, 0.3) is 0 Å². The molecule has 0 aromatic heterocycles. The van der Waals surface area contributed by atoms with Crippen molar-refractivity contribution in [1.82, 2.24) is 10.2 Å². The van der Waals surface area contributed by atoms with E-state index < -0.39 is 5.54 Å². The van der Waals surface area contributed by atoms with E-state index >= 15 is 0 Å². The molecule has 0 unspecified atom stereocenters. The molecule has 0 saturated carbocycles. The van der Waals surface area contributed by atoms with E-state index in [4.69, 9.17) is 0 Å². The van der Waals surface area contributed by atoms with E-state index in [1.165, 1.54) is 0 Å². The number of piperazine rings is 1. The van der Waals surface area contributed by atoms with Crippen molar-refractivity contribution in [1.29, 1.82) is 0 Å². The summed E-state index contributed by atoms with van der Waals surface area (Å²) in [6, 6.07) is 7.77. The summed E-state index contributed by atoms with van der Waals surface area (Å²) in [6.45, 7) is 8.63. The maximum absolute atomic E-state index is 13.0. The predicted molar refractivity (Wildman–Crippen MR) is 90.5 cm³/mol. The third kappa shape index (κ3) is 2.84. The van der Waals surface area contributed by atoms with Crippen LogP contribution >= 0.6 is 0 Å². The third-order valence-corrected chi connectivity index (χ3v) is 4.73. The van der Waals surface area contributed by atoms with E-state index in [1.807, 2.05) is 24.3 Å². The molecule has 1 fully saturated rings. The van der Waals surface area contributed by atoms with Gasteiger partial charge in [0.1, 0.15) is 5.54 Å². The van der Waals surface area contributed by atoms with Crippen LogP contribution in [0.4, 0.5) is 11.4 Å². The van der Waals surface area contributed by atoms with Crippen LogP contribution in [0.1, 0.15) is 20.8 Å². The molecule has 1 aromatic rings. The first-order valence-electron chi connectivity index (χ1n) is 8.09. The molecule has 2 aliphatic heterocycles. The van der Waals surface area contributed by atoms with Crippen LogP contribution in [0.2, 0.25) is 0 Å². The van der Waals surface area contributed by atoms with Gasteiger partial charge in [-0.05, 0) is 32.9 Å². The Bertz CT molecular complexity index is 629. The standard InChI is InChI=1S/C17H24N4O2/c1-12-10-18-8-9-20(12)11-15(22)21-14-7-5-4-6-13(14)19-16(23)17(21,2)3/h4-7,12,18H,8-11H2,1-3H3,(H,19,23)/t12-/m0/s1. The van der Waals surface area contributed by atoms with E-state index in [9.17, 15) is 9.59 Å². The first-order chi connectivity index (χ1) is 10.9. The molecule has 2 heterocycles. The lowest BCUT2D eigenvalue weighted by molar-refractivity contribution is -0.127. The third-order valence-electron chi connectivity index (χ3n) is 4.73. The SMILES string of the molecule is C[C@H]1CNCCN1CC(=O)N1c2ccccc2NC(=O)C1(C)C. The van der Waals surface area contributed by atoms with E-state index in [2.05, 4.69) is 22.5 Å². The number of carbonyl (C=O) groups is 2. The van der Waals surface area contributed by atoms with E-state index in [0.717, 1.165) is 25.3 Å². The normalized spacial score (nSPS) is 24.0. The Morgan fingerprint density at radius 3 is 2.83 bits per heavy atom. The monoisotopic (exact) mass is 316 g/mol. The number of amides is 2. The Hall–Kier alpha value is -1.92. The number of nitrogens with one attached hydrogen (secondary N) is 2. The molecule has 2 aliphatic rings. The first-order valence-corrected chi connectivity index (χ1v) is 8.09. The van der Waals surface area contributed by atoms with Crippen molar-refractivity contribution in [2.45, 2.75) is 32.4 Å². The molecule has 6 nitrogen and oxygen atoms in total. The second kappa shape index (κ2) is 5.94. The van der Waals surface area contributed by atoms with Gasteiger partial charge in [-0.3, -0.25) is 19.4 Å². The number of para-hydroxylation sites is 2. The molecule has 23 heavy (non-hydrogen) atoms. The van der Waals surface area contributed by atoms with Gasteiger partial charge in [-0.2, -0.15) is 0 Å². The van der Waals surface area contributed by atoms with E-state index in [-0.39, 0.29) is 11.8 Å². The summed E-state index contributed by atoms with van der Waals surface area (Å²) in [6.07, 6.45) is 0. The molecule has 124 valence electrons. The van der Waals surface area contributed by atoms with Gasteiger partial charge in [0.05, 0.1) is 17.9 Å². The van der Waals surface area contributed by atoms with Crippen LogP contribution in [0.15, 0.2) is 24.3 Å². The largest absolute Gasteiger partial charge is 0.322 e. The number of hydrogen-bond donors (Lipinski definition) is 2. The molecule has 0 bridgehead atoms. The highest BCUT2D eigenvalue weighted by Gasteiger charge is 2.43. The Morgan fingerprint density at radius 2 is 2.09 bits per heavy atom. The average Bonchev–Trinajstić information content (AvgIpc) is 2.50. The molecule has 1 saturated heterocycles. The number of hydrogen-bond acceptors (Lipinski definition) is 4. The Kier molecular flexibility index (Phi) is 4.12. The van der Waals surface area contributed by atoms with Crippen LogP contribution in [0, 0.1) is 0 Å². The maximum atomic E-state index is 13.0. The number of benzene rings is 1. The lowest BCUT2D eigenvalue weighted by atomic mass is 9.96. The lowest BCUT2D eigenvalue weighted by Crippen LogP contribution is -2.61. The van der Waals surface area contributed by atoms with Crippen molar-refractivity contribution in [2.24, 2.45) is 0 Å². The second-order valence-corrected chi connectivity index (χ2v) is 6.78. The van der Waals surface area contributed by atoms with Crippen LogP contribution in [0.25, 0.3) is 0 Å². The van der Waals surface area contributed by atoms with Gasteiger partial charge in [-0.15, -0.1) is 0 Å². The molecule has 3 rings (SSSR count). The van der Waals surface area contributed by atoms with Crippen LogP contribution in [-0.4, -0.2) is 54.5 Å². The molecular weight excluding hydrogens is 292 g/mol. The van der Waals surface area contributed by atoms with Gasteiger partial charge in [-0.1, -0.05) is 12.1 Å². The molecule has 1 atom stereocenters. The molecule has 0 radical (unpaired) electrons. The van der Waals surface area contributed by atoms with Crippen molar-refractivity contribution in [3.63, 3.8) is 0 Å². The minimum absolute atomic E-state index is 0.0361. The van der Waals surface area contributed by atoms with Crippen molar-refractivity contribution in [3.05, 3.63) is 24.3 Å². The molecule has 6 heteroatoms. The number of nitrogens with zero attached hydrogens (tertiary/aromatic N) is 2. The number of anilines is 2. The predicted octanol–water partition coefficient (Wildman–Crippen LogP) is 1.04. The van der Waals surface area contributed by atoms with Crippen molar-refractivity contribution < 1.29 is 9.59 Å². The van der Waals surface area contributed by atoms with Crippen LogP contribution in [0.3, 0.4) is 0 Å². The quantitative estimate of drug-likeness (QED) is 0.856. The minimum atomic E-state index is -0.900. The van der Waals surface area contributed by atoms with Gasteiger partial charge in [0.15, 0.2) is 0 Å². The summed E-state index contributed by atoms with van der Waals surface area (Å²) in [5.41, 5.74) is 0.561. The highest BCUT2D eigenvalue weighted by molar-refractivity contribution is 6.14. The molecule has 0 spiro atoms. The van der Waals surface area contributed by atoms with Gasteiger partial charge < -0.3 is 10.6 Å². The van der Waals surface area contributed by atoms with Crippen molar-refractivity contribution in [2.75, 3.05) is 36.4 Å². The smallest absolute Gasteiger partial charge is 0.250 e. The van der Waals surface area contributed by atoms with Crippen LogP contribution < -0.4 is 15.5 Å². The molecule has 2 amide bonds. The summed E-state index contributed by atoms with van der Waals surface area (Å²) >= 11 is 0. The summed E-state index contributed by atoms with van der Waals surface area (Å²) in [4.78, 5) is 29.3. The van der Waals surface area contributed by atoms with E-state index in [1.54, 1.807) is 18.7 Å². The van der Waals surface area contributed by atoms with Crippen molar-refractivity contribution in [3.8, 4) is 0 Å². The zero-order valence-corrected chi connectivity index (χ0v) is 13.9. The topological polar surface area (TPSA) is 64.7 Å². The molecule has 0 aliphatic carbocycles. The van der Waals surface area contributed by atoms with Crippen LogP contribution in [0.5, 0.6) is 0 Å². The van der Waals surface area contributed by atoms with E-state index in [0.29, 0.717) is 18.3 Å². The number of fused-ring (bicyclic) bond motifs is 1. The molecular formula is C17H24N4O2. The zero-order valence-electron chi connectivity index (χ0n) is 13.9. The number of carbonyl (C=O) groups excluding carboxylic acids is 2. The minimum Gasteiger partial charge on any atom is -0.322 e. The van der Waals surface area contributed by atoms with Gasteiger partial charge in [0.2, 0.25) is 11.8 Å². The molecule has 2 N–H and O–H groups in total. The fraction of sp³-hybridized carbons (Fsp3) is 0.529. The maximum Gasteiger partial charge on any atom is 0.250 e.